The number of carbonyl (C=O) groups is 2. The number of para-hydroxylation sites is 2. The molecule has 4 rings (SSSR count). The van der Waals surface area contributed by atoms with Crippen molar-refractivity contribution >= 4 is 23.3 Å². The Morgan fingerprint density at radius 2 is 0.833 bits per heavy atom. The van der Waals surface area contributed by atoms with Gasteiger partial charge in [0.1, 0.15) is 0 Å². The number of hydrogen-bond donors (Lipinski definition) is 4. The minimum absolute atomic E-state index is 0.311. The summed E-state index contributed by atoms with van der Waals surface area (Å²) < 4.78 is 0. The minimum atomic E-state index is -0.905. The molecule has 4 aromatic carbocycles. The highest BCUT2D eigenvalue weighted by Gasteiger charge is 2.08. The van der Waals surface area contributed by atoms with Crippen LogP contribution >= 0.6 is 0 Å². The Bertz CT molecular complexity index is 1150. The summed E-state index contributed by atoms with van der Waals surface area (Å²) in [7, 11) is 0. The van der Waals surface area contributed by atoms with Crippen molar-refractivity contribution in [2.75, 3.05) is 23.7 Å². The molecule has 0 bridgehead atoms. The molecule has 0 atom stereocenters. The average Bonchev–Trinajstić information content (AvgIpc) is 2.91. The van der Waals surface area contributed by atoms with Crippen LogP contribution in [0.15, 0.2) is 109 Å². The molecule has 0 amide bonds. The van der Waals surface area contributed by atoms with Crippen LogP contribution in [0.25, 0.3) is 0 Å². The molecule has 0 heterocycles. The first-order valence-electron chi connectivity index (χ1n) is 11.7. The molecule has 4 aromatic rings. The van der Waals surface area contributed by atoms with E-state index < -0.39 is 11.9 Å². The van der Waals surface area contributed by atoms with Crippen molar-refractivity contribution in [3.63, 3.8) is 0 Å². The van der Waals surface area contributed by atoms with Crippen LogP contribution in [0.1, 0.15) is 31.8 Å². The molecule has 184 valence electrons. The molecular formula is C30H30N2O4. The van der Waals surface area contributed by atoms with Gasteiger partial charge in [0.05, 0.1) is 11.1 Å². The van der Waals surface area contributed by atoms with Crippen LogP contribution < -0.4 is 10.6 Å². The minimum Gasteiger partial charge on any atom is -0.478 e. The van der Waals surface area contributed by atoms with E-state index in [1.165, 1.54) is 11.1 Å². The number of hydrogen-bond acceptors (Lipinski definition) is 4. The maximum atomic E-state index is 11.0. The zero-order chi connectivity index (χ0) is 25.6. The Hall–Kier alpha value is -4.58. The molecule has 4 N–H and O–H groups in total. The van der Waals surface area contributed by atoms with Crippen LogP contribution in [-0.2, 0) is 12.8 Å². The molecule has 6 heteroatoms. The summed E-state index contributed by atoms with van der Waals surface area (Å²) in [5, 5.41) is 24.4. The molecule has 0 aliphatic carbocycles. The fourth-order valence-corrected chi connectivity index (χ4v) is 3.62. The molecule has 0 unspecified atom stereocenters. The molecule has 0 saturated heterocycles. The standard InChI is InChI=1S/2C15H15NO2/c2*17-15(18)13-8-4-5-9-14(13)16-11-10-12-6-2-1-3-7-12/h2*1-9,16H,10-11H2,(H,17,18). The average molecular weight is 483 g/mol. The highest BCUT2D eigenvalue weighted by Crippen LogP contribution is 2.16. The van der Waals surface area contributed by atoms with Gasteiger partial charge in [0.15, 0.2) is 0 Å². The summed E-state index contributed by atoms with van der Waals surface area (Å²) in [5.41, 5.74) is 4.42. The molecular weight excluding hydrogens is 452 g/mol. The van der Waals surface area contributed by atoms with Gasteiger partial charge in [-0.1, -0.05) is 84.9 Å². The first-order valence-corrected chi connectivity index (χ1v) is 11.7. The van der Waals surface area contributed by atoms with Crippen molar-refractivity contribution in [3.8, 4) is 0 Å². The van der Waals surface area contributed by atoms with Gasteiger partial charge in [-0.15, -0.1) is 0 Å². The summed E-state index contributed by atoms with van der Waals surface area (Å²) in [5.74, 6) is -1.81. The summed E-state index contributed by atoms with van der Waals surface area (Å²) in [6.45, 7) is 1.43. The van der Waals surface area contributed by atoms with E-state index in [1.54, 1.807) is 36.4 Å². The Morgan fingerprint density at radius 3 is 1.19 bits per heavy atom. The first-order chi connectivity index (χ1) is 17.5. The number of aromatic carboxylic acids is 2. The van der Waals surface area contributed by atoms with Crippen LogP contribution in [0.2, 0.25) is 0 Å². The molecule has 0 aromatic heterocycles. The quantitative estimate of drug-likeness (QED) is 0.219. The number of carboxylic acids is 2. The summed E-state index contributed by atoms with van der Waals surface area (Å²) in [6, 6.07) is 34.1. The van der Waals surface area contributed by atoms with Gasteiger partial charge in [-0.2, -0.15) is 0 Å². The monoisotopic (exact) mass is 482 g/mol. The first kappa shape index (κ1) is 26.0. The lowest BCUT2D eigenvalue weighted by atomic mass is 10.1. The van der Waals surface area contributed by atoms with E-state index in [0.717, 1.165) is 12.8 Å². The summed E-state index contributed by atoms with van der Waals surface area (Å²) >= 11 is 0. The normalized spacial score (nSPS) is 10.0. The lowest BCUT2D eigenvalue weighted by molar-refractivity contribution is 0.0687. The fraction of sp³-hybridized carbons (Fsp3) is 0.133. The van der Waals surface area contributed by atoms with Gasteiger partial charge in [0.2, 0.25) is 0 Å². The van der Waals surface area contributed by atoms with Gasteiger partial charge >= 0.3 is 11.9 Å². The molecule has 6 nitrogen and oxygen atoms in total. The Morgan fingerprint density at radius 1 is 0.500 bits per heavy atom. The number of rotatable bonds is 10. The fourth-order valence-electron chi connectivity index (χ4n) is 3.62. The van der Waals surface area contributed by atoms with Gasteiger partial charge in [0.25, 0.3) is 0 Å². The second-order valence-corrected chi connectivity index (χ2v) is 8.03. The van der Waals surface area contributed by atoms with E-state index in [0.29, 0.717) is 35.6 Å². The highest BCUT2D eigenvalue weighted by molar-refractivity contribution is 5.94. The molecule has 0 aliphatic rings. The predicted molar refractivity (Wildman–Crippen MR) is 144 cm³/mol. The van der Waals surface area contributed by atoms with E-state index in [4.69, 9.17) is 10.2 Å². The van der Waals surface area contributed by atoms with Crippen LogP contribution in [-0.4, -0.2) is 35.2 Å². The predicted octanol–water partition coefficient (Wildman–Crippen LogP) is 6.08. The van der Waals surface area contributed by atoms with Gasteiger partial charge in [-0.25, -0.2) is 9.59 Å². The van der Waals surface area contributed by atoms with E-state index in [-0.39, 0.29) is 0 Å². The topological polar surface area (TPSA) is 98.7 Å². The number of anilines is 2. The molecule has 0 spiro atoms. The molecule has 0 radical (unpaired) electrons. The van der Waals surface area contributed by atoms with Gasteiger partial charge in [-0.05, 0) is 48.2 Å². The molecule has 36 heavy (non-hydrogen) atoms. The lowest BCUT2D eigenvalue weighted by Gasteiger charge is -2.09. The number of carboxylic acid groups (broad SMARTS) is 2. The van der Waals surface area contributed by atoms with Gasteiger partial charge < -0.3 is 20.8 Å². The summed E-state index contributed by atoms with van der Waals surface area (Å²) in [6.07, 6.45) is 1.74. The third-order valence-corrected chi connectivity index (χ3v) is 5.46. The van der Waals surface area contributed by atoms with E-state index in [9.17, 15) is 9.59 Å². The van der Waals surface area contributed by atoms with E-state index in [1.807, 2.05) is 48.5 Å². The van der Waals surface area contributed by atoms with E-state index >= 15 is 0 Å². The Labute approximate surface area is 211 Å². The maximum Gasteiger partial charge on any atom is 0.337 e. The van der Waals surface area contributed by atoms with E-state index in [2.05, 4.69) is 34.9 Å². The van der Waals surface area contributed by atoms with Crippen molar-refractivity contribution in [1.29, 1.82) is 0 Å². The van der Waals surface area contributed by atoms with Gasteiger partial charge in [0, 0.05) is 24.5 Å². The third kappa shape index (κ3) is 8.33. The lowest BCUT2D eigenvalue weighted by Crippen LogP contribution is -2.09. The molecule has 0 fully saturated rings. The third-order valence-electron chi connectivity index (χ3n) is 5.46. The Kier molecular flexibility index (Phi) is 10.1. The van der Waals surface area contributed by atoms with Crippen molar-refractivity contribution in [2.24, 2.45) is 0 Å². The van der Waals surface area contributed by atoms with Gasteiger partial charge in [-0.3, -0.25) is 0 Å². The van der Waals surface area contributed by atoms with Crippen molar-refractivity contribution < 1.29 is 19.8 Å². The maximum absolute atomic E-state index is 11.0. The second-order valence-electron chi connectivity index (χ2n) is 8.03. The molecule has 0 saturated carbocycles. The largest absolute Gasteiger partial charge is 0.478 e. The molecule has 0 aliphatic heterocycles. The summed E-state index contributed by atoms with van der Waals surface area (Å²) in [4.78, 5) is 22.0. The van der Waals surface area contributed by atoms with Crippen molar-refractivity contribution in [1.82, 2.24) is 0 Å². The van der Waals surface area contributed by atoms with Crippen LogP contribution in [0.5, 0.6) is 0 Å². The number of nitrogens with one attached hydrogen (secondary N) is 2. The van der Waals surface area contributed by atoms with Crippen LogP contribution in [0, 0.1) is 0 Å². The highest BCUT2D eigenvalue weighted by atomic mass is 16.4. The van der Waals surface area contributed by atoms with Crippen molar-refractivity contribution in [3.05, 3.63) is 131 Å². The zero-order valence-corrected chi connectivity index (χ0v) is 19.9. The second kappa shape index (κ2) is 14.0. The smallest absolute Gasteiger partial charge is 0.337 e. The van der Waals surface area contributed by atoms with Crippen molar-refractivity contribution in [2.45, 2.75) is 12.8 Å². The SMILES string of the molecule is O=C(O)c1ccccc1NCCc1ccccc1.O=C(O)c1ccccc1NCCc1ccccc1. The van der Waals surface area contributed by atoms with Crippen LogP contribution in [0.4, 0.5) is 11.4 Å². The zero-order valence-electron chi connectivity index (χ0n) is 19.9. The Balaban J connectivity index is 0.000000201. The number of benzene rings is 4. The van der Waals surface area contributed by atoms with Crippen LogP contribution in [0.3, 0.4) is 0 Å².